The molecule has 34 heavy (non-hydrogen) atoms. The first-order valence-electron chi connectivity index (χ1n) is 11.5. The van der Waals surface area contributed by atoms with E-state index >= 15 is 0 Å². The van der Waals surface area contributed by atoms with Gasteiger partial charge in [0, 0.05) is 0 Å². The Hall–Kier alpha value is -2.78. The smallest absolute Gasteiger partial charge is 0.124 e. The summed E-state index contributed by atoms with van der Waals surface area (Å²) in [5, 5.41) is 4.47. The lowest BCUT2D eigenvalue weighted by atomic mass is 10.2. The van der Waals surface area contributed by atoms with Crippen LogP contribution in [-0.4, -0.2) is 19.1 Å². The van der Waals surface area contributed by atoms with Crippen molar-refractivity contribution in [1.29, 1.82) is 0 Å². The minimum atomic E-state index is -4.27. The van der Waals surface area contributed by atoms with Gasteiger partial charge < -0.3 is 4.55 Å². The molecule has 4 rings (SSSR count). The van der Waals surface area contributed by atoms with Gasteiger partial charge in [-0.25, -0.2) is 8.42 Å². The molecule has 176 valence electrons. The second-order valence-corrected chi connectivity index (χ2v) is 13.2. The molecular formula is C29H31O3PS. The van der Waals surface area contributed by atoms with Crippen LogP contribution in [0.2, 0.25) is 0 Å². The number of benzene rings is 4. The molecule has 0 unspecified atom stereocenters. The summed E-state index contributed by atoms with van der Waals surface area (Å²) in [5.41, 5.74) is 0.928. The highest BCUT2D eigenvalue weighted by Crippen LogP contribution is 2.55. The second kappa shape index (κ2) is 12.1. The van der Waals surface area contributed by atoms with Gasteiger partial charge in [-0.3, -0.25) is 0 Å². The van der Waals surface area contributed by atoms with Gasteiger partial charge in [0.15, 0.2) is 0 Å². The van der Waals surface area contributed by atoms with Crippen molar-refractivity contribution in [3.8, 4) is 0 Å². The van der Waals surface area contributed by atoms with Crippen molar-refractivity contribution in [3.05, 3.63) is 121 Å². The minimum absolute atomic E-state index is 0.178. The Morgan fingerprint density at radius 3 is 1.35 bits per heavy atom. The molecule has 0 bridgehead atoms. The van der Waals surface area contributed by atoms with Crippen LogP contribution in [0.1, 0.15) is 25.3 Å². The molecular weight excluding hydrogens is 459 g/mol. The van der Waals surface area contributed by atoms with E-state index in [4.69, 9.17) is 0 Å². The fourth-order valence-electron chi connectivity index (χ4n) is 3.98. The van der Waals surface area contributed by atoms with Crippen LogP contribution in [0.5, 0.6) is 0 Å². The molecule has 0 aromatic heterocycles. The molecule has 0 saturated heterocycles. The summed E-state index contributed by atoms with van der Waals surface area (Å²) in [4.78, 5) is -0.178. The van der Waals surface area contributed by atoms with Crippen LogP contribution in [0.15, 0.2) is 120 Å². The summed E-state index contributed by atoms with van der Waals surface area (Å²) in [6.07, 6.45) is 3.72. The summed E-state index contributed by atoms with van der Waals surface area (Å²) in [6.45, 7) is 4.11. The van der Waals surface area contributed by atoms with E-state index in [-0.39, 0.29) is 4.90 Å². The maximum Gasteiger partial charge on any atom is 0.124 e. The van der Waals surface area contributed by atoms with Gasteiger partial charge in [-0.05, 0) is 61.9 Å². The predicted molar refractivity (Wildman–Crippen MR) is 144 cm³/mol. The minimum Gasteiger partial charge on any atom is -0.744 e. The standard InChI is InChI=1S/C22H24P.C7H8O3S/c1-2-3-19-23(20-13-7-4-8-14-20,21-15-9-5-10-16-21)22-17-11-6-12-18-22;1-6-2-4-7(5-3-6)11(8,9)10/h4-18H,2-3,19H2,1H3;2-5H,1H3,(H,8,9,10)/q+1;/p-1. The first-order valence-corrected chi connectivity index (χ1v) is 14.8. The lowest BCUT2D eigenvalue weighted by Crippen LogP contribution is -2.33. The van der Waals surface area contributed by atoms with Gasteiger partial charge in [-0.2, -0.15) is 0 Å². The van der Waals surface area contributed by atoms with Crippen LogP contribution in [0.3, 0.4) is 0 Å². The summed E-state index contributed by atoms with van der Waals surface area (Å²) in [7, 11) is -5.84. The average molecular weight is 491 g/mol. The van der Waals surface area contributed by atoms with Crippen LogP contribution in [-0.2, 0) is 10.1 Å². The van der Waals surface area contributed by atoms with Gasteiger partial charge in [-0.1, -0.05) is 85.6 Å². The van der Waals surface area contributed by atoms with Crippen LogP contribution >= 0.6 is 7.26 Å². The molecule has 4 aromatic rings. The van der Waals surface area contributed by atoms with E-state index < -0.39 is 17.4 Å². The molecule has 0 aliphatic heterocycles. The van der Waals surface area contributed by atoms with Crippen molar-refractivity contribution in [2.45, 2.75) is 31.6 Å². The van der Waals surface area contributed by atoms with Gasteiger partial charge in [0.1, 0.15) is 33.3 Å². The normalized spacial score (nSPS) is 11.4. The third-order valence-corrected chi connectivity index (χ3v) is 11.1. The van der Waals surface area contributed by atoms with Gasteiger partial charge >= 0.3 is 0 Å². The van der Waals surface area contributed by atoms with Crippen LogP contribution < -0.4 is 15.9 Å². The van der Waals surface area contributed by atoms with E-state index in [0.717, 1.165) is 5.56 Å². The fourth-order valence-corrected chi connectivity index (χ4v) is 8.95. The number of aryl methyl sites for hydroxylation is 1. The van der Waals surface area contributed by atoms with Crippen LogP contribution in [0.4, 0.5) is 0 Å². The molecule has 0 amide bonds. The lowest BCUT2D eigenvalue weighted by Gasteiger charge is -2.27. The number of hydrogen-bond acceptors (Lipinski definition) is 3. The summed E-state index contributed by atoms with van der Waals surface area (Å²) < 4.78 is 31.2. The zero-order valence-corrected chi connectivity index (χ0v) is 21.4. The lowest BCUT2D eigenvalue weighted by molar-refractivity contribution is 0.463. The fraction of sp³-hybridized carbons (Fsp3) is 0.172. The Bertz CT molecular complexity index is 1140. The van der Waals surface area contributed by atoms with Crippen molar-refractivity contribution in [2.24, 2.45) is 0 Å². The van der Waals surface area contributed by atoms with Crippen molar-refractivity contribution in [1.82, 2.24) is 0 Å². The third kappa shape index (κ3) is 6.42. The third-order valence-electron chi connectivity index (χ3n) is 5.75. The summed E-state index contributed by atoms with van der Waals surface area (Å²) >= 11 is 0. The maximum atomic E-state index is 10.4. The van der Waals surface area contributed by atoms with Gasteiger partial charge in [0.25, 0.3) is 0 Å². The van der Waals surface area contributed by atoms with Crippen molar-refractivity contribution in [2.75, 3.05) is 6.16 Å². The van der Waals surface area contributed by atoms with Crippen molar-refractivity contribution in [3.63, 3.8) is 0 Å². The molecule has 0 N–H and O–H groups in total. The molecule has 0 saturated carbocycles. The van der Waals surface area contributed by atoms with E-state index in [1.807, 2.05) is 6.92 Å². The molecule has 0 aliphatic carbocycles. The van der Waals surface area contributed by atoms with Crippen molar-refractivity contribution >= 4 is 33.3 Å². The zero-order valence-electron chi connectivity index (χ0n) is 19.7. The van der Waals surface area contributed by atoms with Crippen LogP contribution in [0.25, 0.3) is 0 Å². The Morgan fingerprint density at radius 2 is 1.03 bits per heavy atom. The number of rotatable bonds is 7. The molecule has 5 heteroatoms. The molecule has 0 fully saturated rings. The predicted octanol–water partition coefficient (Wildman–Crippen LogP) is 5.68. The first kappa shape index (κ1) is 25.8. The Kier molecular flexibility index (Phi) is 9.18. The average Bonchev–Trinajstić information content (AvgIpc) is 2.87. The summed E-state index contributed by atoms with van der Waals surface area (Å²) in [5.74, 6) is 0. The molecule has 0 heterocycles. The molecule has 4 aromatic carbocycles. The largest absolute Gasteiger partial charge is 0.744 e. The van der Waals surface area contributed by atoms with Crippen molar-refractivity contribution < 1.29 is 13.0 Å². The Labute approximate surface area is 204 Å². The molecule has 0 aliphatic rings. The molecule has 0 radical (unpaired) electrons. The van der Waals surface area contributed by atoms with E-state index in [2.05, 4.69) is 97.9 Å². The van der Waals surface area contributed by atoms with E-state index in [0.29, 0.717) is 0 Å². The van der Waals surface area contributed by atoms with E-state index in [1.54, 1.807) is 12.1 Å². The second-order valence-electron chi connectivity index (χ2n) is 8.16. The van der Waals surface area contributed by atoms with E-state index in [9.17, 15) is 13.0 Å². The maximum absolute atomic E-state index is 10.4. The van der Waals surface area contributed by atoms with Gasteiger partial charge in [0.05, 0.1) is 11.1 Å². The van der Waals surface area contributed by atoms with E-state index in [1.165, 1.54) is 47.0 Å². The molecule has 3 nitrogen and oxygen atoms in total. The van der Waals surface area contributed by atoms with Crippen LogP contribution in [0, 0.1) is 6.92 Å². The van der Waals surface area contributed by atoms with Gasteiger partial charge in [0.2, 0.25) is 0 Å². The Morgan fingerprint density at radius 1 is 0.647 bits per heavy atom. The highest BCUT2D eigenvalue weighted by Gasteiger charge is 2.44. The monoisotopic (exact) mass is 490 g/mol. The Balaban J connectivity index is 0.000000248. The summed E-state index contributed by atoms with van der Waals surface area (Å²) in [6, 6.07) is 39.2. The highest BCUT2D eigenvalue weighted by atomic mass is 32.2. The highest BCUT2D eigenvalue weighted by molar-refractivity contribution is 7.95. The zero-order chi connectivity index (χ0) is 24.4. The first-order chi connectivity index (χ1) is 16.4. The molecule has 0 atom stereocenters. The SMILES string of the molecule is CCCC[P+](c1ccccc1)(c1ccccc1)c1ccccc1.Cc1ccc(S(=O)(=O)[O-])cc1. The number of hydrogen-bond donors (Lipinski definition) is 0. The topological polar surface area (TPSA) is 57.2 Å². The number of unbranched alkanes of at least 4 members (excludes halogenated alkanes) is 1. The van der Waals surface area contributed by atoms with Gasteiger partial charge in [-0.15, -0.1) is 0 Å². The molecule has 0 spiro atoms. The quantitative estimate of drug-likeness (QED) is 0.247.